The predicted molar refractivity (Wildman–Crippen MR) is 74.5 cm³/mol. The average Bonchev–Trinajstić information content (AvgIpc) is 2.39. The van der Waals surface area contributed by atoms with Gasteiger partial charge < -0.3 is 10.1 Å². The van der Waals surface area contributed by atoms with E-state index in [-0.39, 0.29) is 6.10 Å². The van der Waals surface area contributed by atoms with Gasteiger partial charge in [-0.3, -0.25) is 4.98 Å². The maximum atomic E-state index is 5.49. The van der Waals surface area contributed by atoms with E-state index in [1.54, 1.807) is 0 Å². The molecule has 0 aliphatic heterocycles. The van der Waals surface area contributed by atoms with Gasteiger partial charge in [-0.1, -0.05) is 18.2 Å². The number of rotatable bonds is 6. The van der Waals surface area contributed by atoms with Gasteiger partial charge in [-0.15, -0.1) is 0 Å². The quantitative estimate of drug-likeness (QED) is 0.848. The molecule has 0 fully saturated rings. The summed E-state index contributed by atoms with van der Waals surface area (Å²) in [6, 6.07) is 8.39. The summed E-state index contributed by atoms with van der Waals surface area (Å²) in [6.07, 6.45) is 4.00. The van der Waals surface area contributed by atoms with Crippen LogP contribution in [-0.2, 0) is 11.3 Å². The van der Waals surface area contributed by atoms with E-state index in [0.29, 0.717) is 0 Å². The standard InChI is InChI=1S/C15H20N2O/c1-3-18-12(2)9-17-11-14-6-4-5-13-10-16-8-7-15(13)14/h4-8,10,12,17H,3,9,11H2,1-2H3. The molecule has 3 nitrogen and oxygen atoms in total. The Morgan fingerprint density at radius 3 is 3.06 bits per heavy atom. The molecule has 0 aliphatic carbocycles. The van der Waals surface area contributed by atoms with Crippen LogP contribution in [0.3, 0.4) is 0 Å². The fourth-order valence-corrected chi connectivity index (χ4v) is 2.10. The number of hydrogen-bond acceptors (Lipinski definition) is 3. The van der Waals surface area contributed by atoms with Crippen LogP contribution in [0, 0.1) is 0 Å². The zero-order valence-corrected chi connectivity index (χ0v) is 11.0. The highest BCUT2D eigenvalue weighted by Crippen LogP contribution is 2.17. The number of nitrogens with zero attached hydrogens (tertiary/aromatic N) is 1. The molecular weight excluding hydrogens is 224 g/mol. The number of nitrogens with one attached hydrogen (secondary N) is 1. The largest absolute Gasteiger partial charge is 0.377 e. The lowest BCUT2D eigenvalue weighted by molar-refractivity contribution is 0.0759. The molecule has 1 unspecified atom stereocenters. The van der Waals surface area contributed by atoms with Gasteiger partial charge in [-0.25, -0.2) is 0 Å². The van der Waals surface area contributed by atoms with E-state index in [0.717, 1.165) is 19.7 Å². The zero-order valence-electron chi connectivity index (χ0n) is 11.0. The Kier molecular flexibility index (Phi) is 4.67. The molecule has 0 saturated heterocycles. The van der Waals surface area contributed by atoms with Crippen LogP contribution in [0.4, 0.5) is 0 Å². The summed E-state index contributed by atoms with van der Waals surface area (Å²) in [5.41, 5.74) is 1.30. The van der Waals surface area contributed by atoms with E-state index in [1.165, 1.54) is 16.3 Å². The first kappa shape index (κ1) is 13.0. The van der Waals surface area contributed by atoms with Crippen LogP contribution in [0.5, 0.6) is 0 Å². The van der Waals surface area contributed by atoms with Crippen molar-refractivity contribution in [1.82, 2.24) is 10.3 Å². The minimum atomic E-state index is 0.256. The van der Waals surface area contributed by atoms with Gasteiger partial charge in [0.2, 0.25) is 0 Å². The molecule has 1 atom stereocenters. The molecule has 1 N–H and O–H groups in total. The smallest absolute Gasteiger partial charge is 0.0671 e. The summed E-state index contributed by atoms with van der Waals surface area (Å²) in [7, 11) is 0. The summed E-state index contributed by atoms with van der Waals surface area (Å²) >= 11 is 0. The first-order valence-corrected chi connectivity index (χ1v) is 6.45. The molecule has 0 bridgehead atoms. The van der Waals surface area contributed by atoms with Crippen LogP contribution in [-0.4, -0.2) is 24.2 Å². The number of aromatic nitrogens is 1. The maximum Gasteiger partial charge on any atom is 0.0671 e. The lowest BCUT2D eigenvalue weighted by atomic mass is 10.1. The van der Waals surface area contributed by atoms with Crippen molar-refractivity contribution >= 4 is 10.8 Å². The van der Waals surface area contributed by atoms with Gasteiger partial charge in [0, 0.05) is 37.5 Å². The molecule has 18 heavy (non-hydrogen) atoms. The zero-order chi connectivity index (χ0) is 12.8. The van der Waals surface area contributed by atoms with E-state index in [4.69, 9.17) is 4.74 Å². The SMILES string of the molecule is CCOC(C)CNCc1cccc2cnccc12. The first-order chi connectivity index (χ1) is 8.81. The van der Waals surface area contributed by atoms with Crippen molar-refractivity contribution in [3.05, 3.63) is 42.2 Å². The normalized spacial score (nSPS) is 12.8. The van der Waals surface area contributed by atoms with E-state index < -0.39 is 0 Å². The third-order valence-corrected chi connectivity index (χ3v) is 2.97. The molecule has 0 amide bonds. The van der Waals surface area contributed by atoms with Gasteiger partial charge in [-0.2, -0.15) is 0 Å². The van der Waals surface area contributed by atoms with E-state index >= 15 is 0 Å². The number of fused-ring (bicyclic) bond motifs is 1. The lowest BCUT2D eigenvalue weighted by Gasteiger charge is -2.13. The van der Waals surface area contributed by atoms with Gasteiger partial charge in [-0.05, 0) is 30.9 Å². The van der Waals surface area contributed by atoms with Crippen LogP contribution in [0.25, 0.3) is 10.8 Å². The van der Waals surface area contributed by atoms with Crippen LogP contribution in [0.15, 0.2) is 36.7 Å². The number of pyridine rings is 1. The summed E-state index contributed by atoms with van der Waals surface area (Å²) in [4.78, 5) is 4.15. The highest BCUT2D eigenvalue weighted by molar-refractivity contribution is 5.84. The van der Waals surface area contributed by atoms with Crippen molar-refractivity contribution in [3.8, 4) is 0 Å². The van der Waals surface area contributed by atoms with Gasteiger partial charge in [0.1, 0.15) is 0 Å². The molecule has 0 saturated carbocycles. The van der Waals surface area contributed by atoms with Crippen LogP contribution >= 0.6 is 0 Å². The Morgan fingerprint density at radius 2 is 2.22 bits per heavy atom. The molecule has 2 rings (SSSR count). The Labute approximate surface area is 108 Å². The molecule has 0 aliphatic rings. The molecule has 1 aromatic carbocycles. The van der Waals surface area contributed by atoms with Gasteiger partial charge in [0.15, 0.2) is 0 Å². The van der Waals surface area contributed by atoms with Crippen molar-refractivity contribution in [2.75, 3.05) is 13.2 Å². The number of ether oxygens (including phenoxy) is 1. The fraction of sp³-hybridized carbons (Fsp3) is 0.400. The van der Waals surface area contributed by atoms with Gasteiger partial charge in [0.25, 0.3) is 0 Å². The van der Waals surface area contributed by atoms with Crippen molar-refractivity contribution in [3.63, 3.8) is 0 Å². The number of benzene rings is 1. The van der Waals surface area contributed by atoms with Gasteiger partial charge in [0.05, 0.1) is 6.10 Å². The molecule has 0 radical (unpaired) electrons. The van der Waals surface area contributed by atoms with Crippen LogP contribution in [0.2, 0.25) is 0 Å². The molecular formula is C15H20N2O. The molecule has 96 valence electrons. The highest BCUT2D eigenvalue weighted by Gasteiger charge is 2.02. The van der Waals surface area contributed by atoms with Crippen molar-refractivity contribution < 1.29 is 4.74 Å². The van der Waals surface area contributed by atoms with Crippen LogP contribution in [0.1, 0.15) is 19.4 Å². The van der Waals surface area contributed by atoms with E-state index in [2.05, 4.69) is 41.5 Å². The van der Waals surface area contributed by atoms with Crippen molar-refractivity contribution in [2.24, 2.45) is 0 Å². The maximum absolute atomic E-state index is 5.49. The minimum Gasteiger partial charge on any atom is -0.377 e. The average molecular weight is 244 g/mol. The summed E-state index contributed by atoms with van der Waals surface area (Å²) in [5.74, 6) is 0. The molecule has 0 spiro atoms. The van der Waals surface area contributed by atoms with Crippen molar-refractivity contribution in [2.45, 2.75) is 26.5 Å². The third-order valence-electron chi connectivity index (χ3n) is 2.97. The Hall–Kier alpha value is -1.45. The second kappa shape index (κ2) is 6.47. The van der Waals surface area contributed by atoms with Gasteiger partial charge >= 0.3 is 0 Å². The topological polar surface area (TPSA) is 34.1 Å². The second-order valence-corrected chi connectivity index (χ2v) is 4.41. The Morgan fingerprint density at radius 1 is 1.33 bits per heavy atom. The van der Waals surface area contributed by atoms with Crippen molar-refractivity contribution in [1.29, 1.82) is 0 Å². The summed E-state index contributed by atoms with van der Waals surface area (Å²) in [6.45, 7) is 6.61. The Bertz CT molecular complexity index is 493. The monoisotopic (exact) mass is 244 g/mol. The second-order valence-electron chi connectivity index (χ2n) is 4.41. The summed E-state index contributed by atoms with van der Waals surface area (Å²) < 4.78 is 5.49. The molecule has 1 aromatic heterocycles. The lowest BCUT2D eigenvalue weighted by Crippen LogP contribution is -2.26. The third kappa shape index (κ3) is 3.28. The minimum absolute atomic E-state index is 0.256. The predicted octanol–water partition coefficient (Wildman–Crippen LogP) is 2.75. The Balaban J connectivity index is 1.99. The first-order valence-electron chi connectivity index (χ1n) is 6.45. The molecule has 3 heteroatoms. The number of hydrogen-bond donors (Lipinski definition) is 1. The molecule has 2 aromatic rings. The highest BCUT2D eigenvalue weighted by atomic mass is 16.5. The summed E-state index contributed by atoms with van der Waals surface area (Å²) in [5, 5.41) is 5.89. The van der Waals surface area contributed by atoms with E-state index in [9.17, 15) is 0 Å². The molecule has 1 heterocycles. The fourth-order valence-electron chi connectivity index (χ4n) is 2.10. The van der Waals surface area contributed by atoms with E-state index in [1.807, 2.05) is 19.3 Å². The van der Waals surface area contributed by atoms with Crippen LogP contribution < -0.4 is 5.32 Å².